The van der Waals surface area contributed by atoms with Crippen LogP contribution in [0.5, 0.6) is 0 Å². The van der Waals surface area contributed by atoms with Crippen molar-refractivity contribution in [3.05, 3.63) is 0 Å². The highest BCUT2D eigenvalue weighted by Crippen LogP contribution is 2.03. The van der Waals surface area contributed by atoms with Gasteiger partial charge in [0.05, 0.1) is 12.7 Å². The molecule has 0 radical (unpaired) electrons. The molecule has 0 amide bonds. The predicted molar refractivity (Wildman–Crippen MR) is 43.6 cm³/mol. The Morgan fingerprint density at radius 3 is 2.42 bits per heavy atom. The van der Waals surface area contributed by atoms with Crippen molar-refractivity contribution in [1.82, 2.24) is 0 Å². The molecule has 0 spiro atoms. The lowest BCUT2D eigenvalue weighted by molar-refractivity contribution is -0.154. The van der Waals surface area contributed by atoms with Crippen LogP contribution in [-0.4, -0.2) is 35.0 Å². The number of hydrogen-bond acceptors (Lipinski definition) is 4. The summed E-state index contributed by atoms with van der Waals surface area (Å²) in [4.78, 5) is 10.8. The van der Waals surface area contributed by atoms with E-state index in [2.05, 4.69) is 4.74 Å². The van der Waals surface area contributed by atoms with E-state index in [-0.39, 0.29) is 13.0 Å². The zero-order valence-electron chi connectivity index (χ0n) is 7.49. The van der Waals surface area contributed by atoms with Gasteiger partial charge in [0.15, 0.2) is 6.10 Å². The van der Waals surface area contributed by atoms with Crippen molar-refractivity contribution in [2.45, 2.75) is 38.9 Å². The van der Waals surface area contributed by atoms with Crippen LogP contribution < -0.4 is 0 Å². The van der Waals surface area contributed by atoms with E-state index in [1.165, 1.54) is 0 Å². The third-order valence-electron chi connectivity index (χ3n) is 1.53. The predicted octanol–water partition coefficient (Wildman–Crippen LogP) is 0.0714. The second kappa shape index (κ2) is 5.97. The van der Waals surface area contributed by atoms with Crippen LogP contribution in [-0.2, 0) is 9.53 Å². The summed E-state index contributed by atoms with van der Waals surface area (Å²) in [6.07, 6.45) is -1.25. The van der Waals surface area contributed by atoms with Gasteiger partial charge < -0.3 is 14.9 Å². The Balaban J connectivity index is 3.70. The van der Waals surface area contributed by atoms with E-state index in [1.807, 2.05) is 0 Å². The topological polar surface area (TPSA) is 66.8 Å². The van der Waals surface area contributed by atoms with Gasteiger partial charge in [0, 0.05) is 6.42 Å². The Kier molecular flexibility index (Phi) is 5.66. The van der Waals surface area contributed by atoms with Gasteiger partial charge in [0.2, 0.25) is 0 Å². The van der Waals surface area contributed by atoms with Crippen LogP contribution in [0, 0.1) is 0 Å². The van der Waals surface area contributed by atoms with Gasteiger partial charge in [-0.05, 0) is 13.3 Å². The molecule has 12 heavy (non-hydrogen) atoms. The largest absolute Gasteiger partial charge is 0.464 e. The first kappa shape index (κ1) is 11.4. The van der Waals surface area contributed by atoms with Gasteiger partial charge in [-0.1, -0.05) is 6.92 Å². The molecule has 0 bridgehead atoms. The molecule has 0 aliphatic heterocycles. The number of aliphatic hydroxyl groups excluding tert-OH is 2. The molecule has 2 N–H and O–H groups in total. The van der Waals surface area contributed by atoms with Crippen molar-refractivity contribution >= 4 is 5.97 Å². The second-order valence-electron chi connectivity index (χ2n) is 2.57. The molecule has 0 aliphatic carbocycles. The van der Waals surface area contributed by atoms with Gasteiger partial charge >= 0.3 is 5.97 Å². The van der Waals surface area contributed by atoms with Crippen molar-refractivity contribution in [3.63, 3.8) is 0 Å². The highest BCUT2D eigenvalue weighted by molar-refractivity contribution is 5.74. The van der Waals surface area contributed by atoms with Gasteiger partial charge in [0.25, 0.3) is 0 Å². The van der Waals surface area contributed by atoms with E-state index < -0.39 is 18.2 Å². The SMILES string of the molecule is CCOC(=O)C(O)CC(O)CC. The Bertz CT molecular complexity index is 135. The maximum Gasteiger partial charge on any atom is 0.335 e. The number of ether oxygens (including phenoxy) is 1. The van der Waals surface area contributed by atoms with Gasteiger partial charge in [-0.25, -0.2) is 4.79 Å². The maximum absolute atomic E-state index is 10.8. The molecule has 0 saturated heterocycles. The van der Waals surface area contributed by atoms with Crippen molar-refractivity contribution in [1.29, 1.82) is 0 Å². The Morgan fingerprint density at radius 1 is 1.42 bits per heavy atom. The lowest BCUT2D eigenvalue weighted by atomic mass is 10.1. The molecule has 0 rings (SSSR count). The highest BCUT2D eigenvalue weighted by Gasteiger charge is 2.18. The monoisotopic (exact) mass is 176 g/mol. The fourth-order valence-electron chi connectivity index (χ4n) is 0.759. The summed E-state index contributed by atoms with van der Waals surface area (Å²) in [6.45, 7) is 3.70. The molecule has 0 heterocycles. The summed E-state index contributed by atoms with van der Waals surface area (Å²) in [5.41, 5.74) is 0. The van der Waals surface area contributed by atoms with Crippen LogP contribution in [0.4, 0.5) is 0 Å². The average Bonchev–Trinajstić information content (AvgIpc) is 2.04. The number of esters is 1. The molecular weight excluding hydrogens is 160 g/mol. The smallest absolute Gasteiger partial charge is 0.335 e. The Hall–Kier alpha value is -0.610. The fraction of sp³-hybridized carbons (Fsp3) is 0.875. The molecule has 4 nitrogen and oxygen atoms in total. The average molecular weight is 176 g/mol. The summed E-state index contributed by atoms with van der Waals surface area (Å²) in [7, 11) is 0. The van der Waals surface area contributed by atoms with E-state index in [1.54, 1.807) is 13.8 Å². The normalized spacial score (nSPS) is 15.3. The van der Waals surface area contributed by atoms with Crippen molar-refractivity contribution in [2.75, 3.05) is 6.61 Å². The number of carbonyl (C=O) groups excluding carboxylic acids is 1. The van der Waals surface area contributed by atoms with E-state index in [9.17, 15) is 4.79 Å². The second-order valence-corrected chi connectivity index (χ2v) is 2.57. The lowest BCUT2D eigenvalue weighted by Gasteiger charge is -2.12. The Labute approximate surface area is 72.2 Å². The molecule has 0 aromatic heterocycles. The molecule has 2 unspecified atom stereocenters. The molecule has 0 saturated carbocycles. The summed E-state index contributed by atoms with van der Waals surface area (Å²) < 4.78 is 4.55. The first-order valence-corrected chi connectivity index (χ1v) is 4.14. The van der Waals surface area contributed by atoms with Gasteiger partial charge in [-0.15, -0.1) is 0 Å². The van der Waals surface area contributed by atoms with Gasteiger partial charge in [0.1, 0.15) is 0 Å². The number of rotatable bonds is 5. The third kappa shape index (κ3) is 4.31. The minimum atomic E-state index is -1.19. The van der Waals surface area contributed by atoms with Crippen LogP contribution in [0.15, 0.2) is 0 Å². The summed E-state index contributed by atoms with van der Waals surface area (Å²) >= 11 is 0. The minimum Gasteiger partial charge on any atom is -0.464 e. The zero-order chi connectivity index (χ0) is 9.56. The lowest BCUT2D eigenvalue weighted by Crippen LogP contribution is -2.27. The molecule has 4 heteroatoms. The standard InChI is InChI=1S/C8H16O4/c1-3-6(9)5-7(10)8(11)12-4-2/h6-7,9-10H,3-5H2,1-2H3. The van der Waals surface area contributed by atoms with Crippen LogP contribution in [0.25, 0.3) is 0 Å². The summed E-state index contributed by atoms with van der Waals surface area (Å²) in [5, 5.41) is 18.2. The van der Waals surface area contributed by atoms with E-state index in [0.29, 0.717) is 6.42 Å². The van der Waals surface area contributed by atoms with Gasteiger partial charge in [-0.2, -0.15) is 0 Å². The van der Waals surface area contributed by atoms with E-state index in [0.717, 1.165) is 0 Å². The summed E-state index contributed by atoms with van der Waals surface area (Å²) in [5.74, 6) is -0.662. The quantitative estimate of drug-likeness (QED) is 0.582. The van der Waals surface area contributed by atoms with E-state index in [4.69, 9.17) is 10.2 Å². The van der Waals surface area contributed by atoms with E-state index >= 15 is 0 Å². The van der Waals surface area contributed by atoms with Crippen molar-refractivity contribution in [3.8, 4) is 0 Å². The molecule has 2 atom stereocenters. The van der Waals surface area contributed by atoms with Crippen molar-refractivity contribution < 1.29 is 19.7 Å². The fourth-order valence-corrected chi connectivity index (χ4v) is 0.759. The number of carbonyl (C=O) groups is 1. The minimum absolute atomic E-state index is 0.0509. The van der Waals surface area contributed by atoms with Crippen LogP contribution in [0.1, 0.15) is 26.7 Å². The number of aliphatic hydroxyl groups is 2. The Morgan fingerprint density at radius 2 is 2.00 bits per heavy atom. The molecule has 0 aromatic rings. The zero-order valence-corrected chi connectivity index (χ0v) is 7.49. The number of hydrogen-bond donors (Lipinski definition) is 2. The maximum atomic E-state index is 10.8. The third-order valence-corrected chi connectivity index (χ3v) is 1.53. The van der Waals surface area contributed by atoms with Crippen molar-refractivity contribution in [2.24, 2.45) is 0 Å². The van der Waals surface area contributed by atoms with Crippen LogP contribution in [0.3, 0.4) is 0 Å². The van der Waals surface area contributed by atoms with Crippen LogP contribution >= 0.6 is 0 Å². The molecular formula is C8H16O4. The first-order chi connectivity index (χ1) is 5.61. The molecule has 0 fully saturated rings. The summed E-state index contributed by atoms with van der Waals surface area (Å²) in [6, 6.07) is 0. The molecule has 0 aromatic carbocycles. The van der Waals surface area contributed by atoms with Gasteiger partial charge in [-0.3, -0.25) is 0 Å². The molecule has 72 valence electrons. The van der Waals surface area contributed by atoms with Crippen LogP contribution in [0.2, 0.25) is 0 Å². The first-order valence-electron chi connectivity index (χ1n) is 4.14. The molecule has 0 aliphatic rings. The highest BCUT2D eigenvalue weighted by atomic mass is 16.5.